The lowest BCUT2D eigenvalue weighted by Crippen LogP contribution is -2.37. The molecule has 9 bridgehead atoms. The molecule has 0 aliphatic carbocycles. The average molecular weight is 559 g/mol. The van der Waals surface area contributed by atoms with Gasteiger partial charge in [0, 0.05) is 25.6 Å². The van der Waals surface area contributed by atoms with Crippen molar-refractivity contribution < 1.29 is 23.5 Å². The molecule has 41 heavy (non-hydrogen) atoms. The first kappa shape index (κ1) is 27.1. The second-order valence-corrected chi connectivity index (χ2v) is 11.2. The second-order valence-electron chi connectivity index (χ2n) is 11.2. The summed E-state index contributed by atoms with van der Waals surface area (Å²) in [5.41, 5.74) is 6.15. The molecular formula is C32H32F2N4O3. The number of aryl methyl sites for hydroxylation is 3. The highest BCUT2D eigenvalue weighted by molar-refractivity contribution is 5.95. The van der Waals surface area contributed by atoms with Gasteiger partial charge in [0.15, 0.2) is 0 Å². The number of benzene rings is 3. The molecule has 1 unspecified atom stereocenters. The van der Waals surface area contributed by atoms with Crippen molar-refractivity contribution in [2.24, 2.45) is 0 Å². The third-order valence-corrected chi connectivity index (χ3v) is 8.57. The molecule has 5 aliphatic heterocycles. The Morgan fingerprint density at radius 1 is 0.976 bits per heavy atom. The molecule has 5 aliphatic rings. The summed E-state index contributed by atoms with van der Waals surface area (Å²) in [6.45, 7) is 3.18. The summed E-state index contributed by atoms with van der Waals surface area (Å²) in [4.78, 5) is 26.8. The molecule has 0 spiro atoms. The van der Waals surface area contributed by atoms with Crippen LogP contribution in [0, 0.1) is 18.6 Å². The number of hydrogen-bond acceptors (Lipinski definition) is 4. The van der Waals surface area contributed by atoms with Crippen LogP contribution in [-0.2, 0) is 30.7 Å². The summed E-state index contributed by atoms with van der Waals surface area (Å²) < 4.78 is 32.1. The van der Waals surface area contributed by atoms with E-state index in [0.29, 0.717) is 31.5 Å². The maximum atomic E-state index is 15.1. The highest BCUT2D eigenvalue weighted by atomic mass is 19.1. The number of nitrogens with zero attached hydrogens (tertiary/aromatic N) is 4. The Balaban J connectivity index is 1.44. The Morgan fingerprint density at radius 3 is 2.54 bits per heavy atom. The van der Waals surface area contributed by atoms with Gasteiger partial charge in [0.2, 0.25) is 0 Å². The number of rotatable bonds is 2. The molecule has 0 saturated heterocycles. The Bertz CT molecular complexity index is 1640. The van der Waals surface area contributed by atoms with Gasteiger partial charge in [-0.2, -0.15) is 0 Å². The van der Waals surface area contributed by atoms with Gasteiger partial charge in [-0.1, -0.05) is 42.3 Å². The molecule has 9 heteroatoms. The summed E-state index contributed by atoms with van der Waals surface area (Å²) in [7, 11) is 0. The van der Waals surface area contributed by atoms with E-state index in [9.17, 15) is 14.7 Å². The van der Waals surface area contributed by atoms with E-state index in [2.05, 4.69) is 10.3 Å². The predicted octanol–water partition coefficient (Wildman–Crippen LogP) is 5.94. The molecule has 1 N–H and O–H groups in total. The van der Waals surface area contributed by atoms with Crippen molar-refractivity contribution in [2.75, 3.05) is 6.54 Å². The van der Waals surface area contributed by atoms with Crippen LogP contribution in [-0.4, -0.2) is 43.4 Å². The first-order valence-electron chi connectivity index (χ1n) is 14.2. The lowest BCUT2D eigenvalue weighted by molar-refractivity contribution is -0.137. The SMILES string of the molecule is Cc1c2ccc3c1nnn3CCCCCCc1cc(F)c(c(F)c1)C(=O)N1CCc3ccc(cc3C1)C2CC(=O)O. The van der Waals surface area contributed by atoms with E-state index in [-0.39, 0.29) is 13.0 Å². The highest BCUT2D eigenvalue weighted by Crippen LogP contribution is 2.35. The van der Waals surface area contributed by atoms with Crippen LogP contribution in [0.5, 0.6) is 0 Å². The van der Waals surface area contributed by atoms with Gasteiger partial charge in [0.05, 0.1) is 11.9 Å². The fourth-order valence-corrected chi connectivity index (χ4v) is 6.35. The van der Waals surface area contributed by atoms with Crippen LogP contribution >= 0.6 is 0 Å². The van der Waals surface area contributed by atoms with Crippen molar-refractivity contribution in [3.63, 3.8) is 0 Å². The highest BCUT2D eigenvalue weighted by Gasteiger charge is 2.29. The minimum Gasteiger partial charge on any atom is -0.481 e. The van der Waals surface area contributed by atoms with Crippen LogP contribution < -0.4 is 0 Å². The molecule has 6 heterocycles. The standard InChI is InChI=1S/C32H32F2N4O3/c1-19-24-9-10-28-31(19)35-36-38(28)12-5-3-2-4-6-20-14-26(33)30(27(34)15-20)32(41)37-13-11-21-7-8-22(16-23(21)18-37)25(24)17-29(39)40/h7-10,14-16,25H,2-6,11-13,17-18H2,1H3,(H,39,40). The van der Waals surface area contributed by atoms with E-state index in [1.54, 1.807) is 0 Å². The van der Waals surface area contributed by atoms with Crippen molar-refractivity contribution in [2.45, 2.75) is 70.9 Å². The summed E-state index contributed by atoms with van der Waals surface area (Å²) in [6, 6.07) is 12.4. The van der Waals surface area contributed by atoms with Crippen LogP contribution in [0.25, 0.3) is 11.0 Å². The molecule has 212 valence electrons. The van der Waals surface area contributed by atoms with Gasteiger partial charge in [-0.15, -0.1) is 5.10 Å². The molecule has 0 radical (unpaired) electrons. The van der Waals surface area contributed by atoms with Gasteiger partial charge < -0.3 is 10.0 Å². The summed E-state index contributed by atoms with van der Waals surface area (Å²) in [5.74, 6) is -3.71. The van der Waals surface area contributed by atoms with Crippen LogP contribution in [0.3, 0.4) is 0 Å². The van der Waals surface area contributed by atoms with Crippen LogP contribution in [0.4, 0.5) is 8.78 Å². The molecule has 1 aromatic heterocycles. The number of carboxylic acids is 1. The van der Waals surface area contributed by atoms with Gasteiger partial charge in [0.1, 0.15) is 22.7 Å². The molecule has 0 fully saturated rings. The molecule has 7 nitrogen and oxygen atoms in total. The number of hydrogen-bond donors (Lipinski definition) is 1. The maximum Gasteiger partial charge on any atom is 0.304 e. The Labute approximate surface area is 236 Å². The second kappa shape index (κ2) is 11.0. The van der Waals surface area contributed by atoms with E-state index in [0.717, 1.165) is 64.5 Å². The summed E-state index contributed by atoms with van der Waals surface area (Å²) in [5, 5.41) is 18.7. The molecule has 3 aromatic carbocycles. The van der Waals surface area contributed by atoms with Gasteiger partial charge in [-0.25, -0.2) is 13.5 Å². The van der Waals surface area contributed by atoms with E-state index >= 15 is 8.78 Å². The average Bonchev–Trinajstić information content (AvgIpc) is 3.36. The predicted molar refractivity (Wildman–Crippen MR) is 150 cm³/mol. The largest absolute Gasteiger partial charge is 0.481 e. The number of halogens is 2. The first-order valence-corrected chi connectivity index (χ1v) is 14.2. The third kappa shape index (κ3) is 5.21. The zero-order valence-corrected chi connectivity index (χ0v) is 23.0. The van der Waals surface area contributed by atoms with Crippen molar-refractivity contribution >= 4 is 22.9 Å². The van der Waals surface area contributed by atoms with Crippen LogP contribution in [0.15, 0.2) is 42.5 Å². The Kier molecular flexibility index (Phi) is 7.28. The van der Waals surface area contributed by atoms with E-state index < -0.39 is 35.0 Å². The fourth-order valence-electron chi connectivity index (χ4n) is 6.35. The van der Waals surface area contributed by atoms with E-state index in [4.69, 9.17) is 0 Å². The Morgan fingerprint density at radius 2 is 1.76 bits per heavy atom. The number of aliphatic carboxylic acids is 1. The lowest BCUT2D eigenvalue weighted by atomic mass is 9.83. The molecule has 1 atom stereocenters. The normalized spacial score (nSPS) is 17.8. The first-order chi connectivity index (χ1) is 19.8. The fraction of sp³-hybridized carbons (Fsp3) is 0.375. The number of carbonyl (C=O) groups is 2. The van der Waals surface area contributed by atoms with Crippen LogP contribution in [0.2, 0.25) is 0 Å². The molecule has 1 amide bonds. The van der Waals surface area contributed by atoms with E-state index in [1.165, 1.54) is 17.0 Å². The topological polar surface area (TPSA) is 88.3 Å². The maximum absolute atomic E-state index is 15.1. The minimum atomic E-state index is -0.927. The molecule has 4 aromatic rings. The van der Waals surface area contributed by atoms with Crippen LogP contribution in [0.1, 0.15) is 81.8 Å². The number of carbonyl (C=O) groups excluding carboxylic acids is 1. The minimum absolute atomic E-state index is 0.120. The quantitative estimate of drug-likeness (QED) is 0.329. The number of carboxylic acid groups (broad SMARTS) is 1. The summed E-state index contributed by atoms with van der Waals surface area (Å²) >= 11 is 0. The zero-order chi connectivity index (χ0) is 28.7. The van der Waals surface area contributed by atoms with Crippen molar-refractivity contribution in [3.8, 4) is 0 Å². The van der Waals surface area contributed by atoms with Gasteiger partial charge in [-0.05, 0) is 84.2 Å². The summed E-state index contributed by atoms with van der Waals surface area (Å²) in [6.07, 6.45) is 4.43. The Hall–Kier alpha value is -4.14. The number of aromatic nitrogens is 3. The third-order valence-electron chi connectivity index (χ3n) is 8.57. The number of amides is 1. The molecular weight excluding hydrogens is 526 g/mol. The van der Waals surface area contributed by atoms with Gasteiger partial charge in [-0.3, -0.25) is 9.59 Å². The molecule has 9 rings (SSSR count). The van der Waals surface area contributed by atoms with Gasteiger partial charge in [0.25, 0.3) is 5.91 Å². The van der Waals surface area contributed by atoms with Crippen molar-refractivity contribution in [1.29, 1.82) is 0 Å². The molecule has 0 saturated carbocycles. The monoisotopic (exact) mass is 558 g/mol. The smallest absolute Gasteiger partial charge is 0.304 e. The lowest BCUT2D eigenvalue weighted by Gasteiger charge is -2.30. The van der Waals surface area contributed by atoms with Crippen molar-refractivity contribution in [3.05, 3.63) is 93.0 Å². The van der Waals surface area contributed by atoms with Gasteiger partial charge >= 0.3 is 5.97 Å². The zero-order valence-electron chi connectivity index (χ0n) is 23.0. The van der Waals surface area contributed by atoms with Crippen molar-refractivity contribution in [1.82, 2.24) is 19.9 Å². The van der Waals surface area contributed by atoms with E-state index in [1.807, 2.05) is 41.9 Å².